The van der Waals surface area contributed by atoms with E-state index in [1.54, 1.807) is 45.0 Å². The SMILES string of the molecule is CCNC(=O)[C@H](C)N(Cc1ccccc1C)C(=O)CN(c1cc(Cl)ccc1C)S(=O)(=O)c1ccc(C)cc1. The minimum absolute atomic E-state index is 0.0532. The number of nitrogens with zero attached hydrogens (tertiary/aromatic N) is 2. The Morgan fingerprint density at radius 2 is 1.61 bits per heavy atom. The van der Waals surface area contributed by atoms with Crippen LogP contribution >= 0.6 is 11.6 Å². The van der Waals surface area contributed by atoms with Gasteiger partial charge in [0, 0.05) is 18.1 Å². The van der Waals surface area contributed by atoms with Crippen LogP contribution in [0.5, 0.6) is 0 Å². The molecule has 38 heavy (non-hydrogen) atoms. The van der Waals surface area contributed by atoms with Crippen LogP contribution in [0.4, 0.5) is 5.69 Å². The van der Waals surface area contributed by atoms with Crippen LogP contribution in [0.15, 0.2) is 71.6 Å². The van der Waals surface area contributed by atoms with E-state index in [0.717, 1.165) is 21.0 Å². The average molecular weight is 556 g/mol. The zero-order valence-corrected chi connectivity index (χ0v) is 23.9. The molecule has 0 aliphatic carbocycles. The molecular weight excluding hydrogens is 522 g/mol. The van der Waals surface area contributed by atoms with Gasteiger partial charge in [0.2, 0.25) is 11.8 Å². The molecule has 3 aromatic rings. The molecule has 0 unspecified atom stereocenters. The van der Waals surface area contributed by atoms with Crippen molar-refractivity contribution in [2.45, 2.75) is 52.1 Å². The Hall–Kier alpha value is -3.36. The molecule has 0 saturated carbocycles. The number of nitrogens with one attached hydrogen (secondary N) is 1. The number of benzene rings is 3. The molecule has 0 fully saturated rings. The molecule has 3 rings (SSSR count). The summed E-state index contributed by atoms with van der Waals surface area (Å²) in [5.41, 5.74) is 3.67. The van der Waals surface area contributed by atoms with Crippen LogP contribution in [0.3, 0.4) is 0 Å². The van der Waals surface area contributed by atoms with Gasteiger partial charge in [0.15, 0.2) is 0 Å². The third-order valence-electron chi connectivity index (χ3n) is 6.45. The maximum Gasteiger partial charge on any atom is 0.264 e. The van der Waals surface area contributed by atoms with Gasteiger partial charge in [-0.2, -0.15) is 0 Å². The van der Waals surface area contributed by atoms with Crippen molar-refractivity contribution in [2.75, 3.05) is 17.4 Å². The second-order valence-corrected chi connectivity index (χ2v) is 11.6. The van der Waals surface area contributed by atoms with Gasteiger partial charge < -0.3 is 10.2 Å². The van der Waals surface area contributed by atoms with Crippen molar-refractivity contribution < 1.29 is 18.0 Å². The van der Waals surface area contributed by atoms with Crippen LogP contribution in [-0.2, 0) is 26.2 Å². The smallest absolute Gasteiger partial charge is 0.264 e. The van der Waals surface area contributed by atoms with Crippen LogP contribution < -0.4 is 9.62 Å². The number of aryl methyl sites for hydroxylation is 3. The molecular formula is C29H34ClN3O4S. The van der Waals surface area contributed by atoms with Gasteiger partial charge in [-0.05, 0) is 75.6 Å². The summed E-state index contributed by atoms with van der Waals surface area (Å²) in [4.78, 5) is 28.2. The number of hydrogen-bond donors (Lipinski definition) is 1. The fourth-order valence-electron chi connectivity index (χ4n) is 4.08. The summed E-state index contributed by atoms with van der Waals surface area (Å²) < 4.78 is 28.9. The predicted octanol–water partition coefficient (Wildman–Crippen LogP) is 5.01. The van der Waals surface area contributed by atoms with Crippen LogP contribution in [0.25, 0.3) is 0 Å². The summed E-state index contributed by atoms with van der Waals surface area (Å²) in [6.07, 6.45) is 0. The van der Waals surface area contributed by atoms with Crippen LogP contribution in [-0.4, -0.2) is 44.3 Å². The Morgan fingerprint density at radius 1 is 0.947 bits per heavy atom. The Bertz CT molecular complexity index is 1410. The van der Waals surface area contributed by atoms with Crippen LogP contribution in [0.2, 0.25) is 5.02 Å². The average Bonchev–Trinajstić information content (AvgIpc) is 2.88. The molecule has 0 bridgehead atoms. The first-order valence-corrected chi connectivity index (χ1v) is 14.2. The molecule has 0 aliphatic rings. The summed E-state index contributed by atoms with van der Waals surface area (Å²) >= 11 is 6.26. The monoisotopic (exact) mass is 555 g/mol. The summed E-state index contributed by atoms with van der Waals surface area (Å²) in [5.74, 6) is -0.830. The van der Waals surface area contributed by atoms with Gasteiger partial charge >= 0.3 is 0 Å². The highest BCUT2D eigenvalue weighted by Crippen LogP contribution is 2.30. The molecule has 1 atom stereocenters. The maximum atomic E-state index is 13.9. The highest BCUT2D eigenvalue weighted by atomic mass is 35.5. The largest absolute Gasteiger partial charge is 0.355 e. The Labute approximate surface area is 230 Å². The van der Waals surface area contributed by atoms with E-state index in [4.69, 9.17) is 11.6 Å². The molecule has 7 nitrogen and oxygen atoms in total. The van der Waals surface area contributed by atoms with Crippen molar-refractivity contribution in [1.82, 2.24) is 10.2 Å². The van der Waals surface area contributed by atoms with E-state index in [1.807, 2.05) is 38.1 Å². The molecule has 0 aromatic heterocycles. The van der Waals surface area contributed by atoms with E-state index in [2.05, 4.69) is 5.32 Å². The first-order chi connectivity index (χ1) is 17.9. The maximum absolute atomic E-state index is 13.9. The lowest BCUT2D eigenvalue weighted by Gasteiger charge is -2.32. The lowest BCUT2D eigenvalue weighted by atomic mass is 10.1. The fraction of sp³-hybridized carbons (Fsp3) is 0.310. The number of carbonyl (C=O) groups is 2. The van der Waals surface area contributed by atoms with Gasteiger partial charge in [0.25, 0.3) is 10.0 Å². The van der Waals surface area contributed by atoms with Gasteiger partial charge in [-0.25, -0.2) is 8.42 Å². The van der Waals surface area contributed by atoms with Crippen molar-refractivity contribution in [3.05, 3.63) is 94.0 Å². The zero-order chi connectivity index (χ0) is 28.0. The molecule has 9 heteroatoms. The molecule has 1 N–H and O–H groups in total. The number of rotatable bonds is 10. The van der Waals surface area contributed by atoms with Gasteiger partial charge in [-0.15, -0.1) is 0 Å². The van der Waals surface area contributed by atoms with E-state index in [-0.39, 0.29) is 17.3 Å². The summed E-state index contributed by atoms with van der Waals surface area (Å²) in [6, 6.07) is 18.1. The van der Waals surface area contributed by atoms with Gasteiger partial charge in [0.1, 0.15) is 12.6 Å². The second-order valence-electron chi connectivity index (χ2n) is 9.27. The number of amides is 2. The van der Waals surface area contributed by atoms with Crippen molar-refractivity contribution in [2.24, 2.45) is 0 Å². The zero-order valence-electron chi connectivity index (χ0n) is 22.4. The second kappa shape index (κ2) is 12.5. The first-order valence-electron chi connectivity index (χ1n) is 12.4. The molecule has 3 aromatic carbocycles. The van der Waals surface area contributed by atoms with Crippen molar-refractivity contribution in [3.63, 3.8) is 0 Å². The number of anilines is 1. The Kier molecular flexibility index (Phi) is 9.57. The van der Waals surface area contributed by atoms with Crippen LogP contribution in [0, 0.1) is 20.8 Å². The molecule has 0 spiro atoms. The fourth-order valence-corrected chi connectivity index (χ4v) is 5.71. The van der Waals surface area contributed by atoms with E-state index < -0.39 is 28.5 Å². The number of carbonyl (C=O) groups excluding carboxylic acids is 2. The molecule has 0 aliphatic heterocycles. The van der Waals surface area contributed by atoms with Crippen molar-refractivity contribution >= 4 is 39.1 Å². The summed E-state index contributed by atoms with van der Waals surface area (Å²) in [7, 11) is -4.15. The Morgan fingerprint density at radius 3 is 2.24 bits per heavy atom. The van der Waals surface area contributed by atoms with E-state index in [9.17, 15) is 18.0 Å². The van der Waals surface area contributed by atoms with E-state index >= 15 is 0 Å². The highest BCUT2D eigenvalue weighted by molar-refractivity contribution is 7.92. The number of sulfonamides is 1. The lowest BCUT2D eigenvalue weighted by Crippen LogP contribution is -2.51. The Balaban J connectivity index is 2.09. The minimum Gasteiger partial charge on any atom is -0.355 e. The van der Waals surface area contributed by atoms with E-state index in [0.29, 0.717) is 22.8 Å². The van der Waals surface area contributed by atoms with Crippen molar-refractivity contribution in [3.8, 4) is 0 Å². The molecule has 0 radical (unpaired) electrons. The predicted molar refractivity (Wildman–Crippen MR) is 152 cm³/mol. The molecule has 2 amide bonds. The van der Waals surface area contributed by atoms with E-state index in [1.165, 1.54) is 23.1 Å². The summed E-state index contributed by atoms with van der Waals surface area (Å²) in [5, 5.41) is 3.10. The van der Waals surface area contributed by atoms with Crippen LogP contribution in [0.1, 0.15) is 36.1 Å². The summed E-state index contributed by atoms with van der Waals surface area (Å²) in [6.45, 7) is 9.05. The number of likely N-dealkylation sites (N-methyl/N-ethyl adjacent to an activating group) is 1. The first kappa shape index (κ1) is 29.2. The topological polar surface area (TPSA) is 86.8 Å². The number of hydrogen-bond acceptors (Lipinski definition) is 4. The third-order valence-corrected chi connectivity index (χ3v) is 8.46. The minimum atomic E-state index is -4.15. The lowest BCUT2D eigenvalue weighted by molar-refractivity contribution is -0.139. The quantitative estimate of drug-likeness (QED) is 0.381. The molecule has 0 heterocycles. The third kappa shape index (κ3) is 6.74. The highest BCUT2D eigenvalue weighted by Gasteiger charge is 2.33. The van der Waals surface area contributed by atoms with Gasteiger partial charge in [-0.1, -0.05) is 59.6 Å². The molecule has 0 saturated heterocycles. The normalized spacial score (nSPS) is 12.1. The number of halogens is 1. The van der Waals surface area contributed by atoms with Gasteiger partial charge in [-0.3, -0.25) is 13.9 Å². The van der Waals surface area contributed by atoms with Crippen molar-refractivity contribution in [1.29, 1.82) is 0 Å². The standard InChI is InChI=1S/C29H34ClN3O4S/c1-6-31-29(35)23(5)32(18-24-10-8-7-9-21(24)3)28(34)19-33(27-17-25(30)14-13-22(27)4)38(36,37)26-15-11-20(2)12-16-26/h7-17,23H,6,18-19H2,1-5H3,(H,31,35)/t23-/m0/s1. The molecule has 202 valence electrons. The van der Waals surface area contributed by atoms with Gasteiger partial charge in [0.05, 0.1) is 10.6 Å².